The van der Waals surface area contributed by atoms with Crippen molar-refractivity contribution < 1.29 is 13.9 Å². The highest BCUT2D eigenvalue weighted by atomic mass is 19.1. The van der Waals surface area contributed by atoms with Gasteiger partial charge in [0.2, 0.25) is 5.91 Å². The maximum Gasteiger partial charge on any atom is 0.223 e. The smallest absolute Gasteiger partial charge is 0.223 e. The molecule has 1 aromatic rings. The number of piperidine rings is 1. The predicted molar refractivity (Wildman–Crippen MR) is 74.8 cm³/mol. The van der Waals surface area contributed by atoms with Crippen LogP contribution in [-0.2, 0) is 9.53 Å². The van der Waals surface area contributed by atoms with E-state index >= 15 is 0 Å². The summed E-state index contributed by atoms with van der Waals surface area (Å²) in [7, 11) is 1.59. The van der Waals surface area contributed by atoms with Crippen molar-refractivity contribution in [2.24, 2.45) is 5.92 Å². The minimum Gasteiger partial charge on any atom is -0.375 e. The Morgan fingerprint density at radius 2 is 2.05 bits per heavy atom. The zero-order valence-corrected chi connectivity index (χ0v) is 11.7. The van der Waals surface area contributed by atoms with E-state index in [9.17, 15) is 9.18 Å². The summed E-state index contributed by atoms with van der Waals surface area (Å²) in [5.74, 6) is -0.111. The highest BCUT2D eigenvalue weighted by Crippen LogP contribution is 2.17. The van der Waals surface area contributed by atoms with E-state index in [0.29, 0.717) is 6.54 Å². The van der Waals surface area contributed by atoms with E-state index in [4.69, 9.17) is 4.74 Å². The maximum atomic E-state index is 12.9. The lowest BCUT2D eigenvalue weighted by Crippen LogP contribution is -2.39. The van der Waals surface area contributed by atoms with Crippen LogP contribution in [0.4, 0.5) is 4.39 Å². The SMILES string of the molecule is COC(CNC(=O)C1CCNCC1)c1ccc(F)cc1. The number of amides is 1. The van der Waals surface area contributed by atoms with Crippen molar-refractivity contribution in [2.45, 2.75) is 18.9 Å². The van der Waals surface area contributed by atoms with Gasteiger partial charge in [-0.05, 0) is 43.6 Å². The van der Waals surface area contributed by atoms with Crippen LogP contribution in [0.5, 0.6) is 0 Å². The Labute approximate surface area is 118 Å². The molecule has 0 spiro atoms. The van der Waals surface area contributed by atoms with Gasteiger partial charge in [0.25, 0.3) is 0 Å². The molecule has 1 saturated heterocycles. The highest BCUT2D eigenvalue weighted by molar-refractivity contribution is 5.78. The number of benzene rings is 1. The van der Waals surface area contributed by atoms with Gasteiger partial charge in [0.1, 0.15) is 5.82 Å². The molecule has 2 N–H and O–H groups in total. The molecule has 2 rings (SSSR count). The number of carbonyl (C=O) groups excluding carboxylic acids is 1. The highest BCUT2D eigenvalue weighted by Gasteiger charge is 2.21. The molecule has 4 nitrogen and oxygen atoms in total. The van der Waals surface area contributed by atoms with Crippen molar-refractivity contribution in [3.63, 3.8) is 0 Å². The summed E-state index contributed by atoms with van der Waals surface area (Å²) in [4.78, 5) is 12.0. The fraction of sp³-hybridized carbons (Fsp3) is 0.533. The van der Waals surface area contributed by atoms with Crippen LogP contribution in [0.2, 0.25) is 0 Å². The van der Waals surface area contributed by atoms with Crippen LogP contribution in [0, 0.1) is 11.7 Å². The second-order valence-electron chi connectivity index (χ2n) is 5.05. The summed E-state index contributed by atoms with van der Waals surface area (Å²) in [6.07, 6.45) is 1.50. The summed E-state index contributed by atoms with van der Waals surface area (Å²) in [5.41, 5.74) is 0.861. The molecule has 1 heterocycles. The van der Waals surface area contributed by atoms with Crippen molar-refractivity contribution in [1.82, 2.24) is 10.6 Å². The Balaban J connectivity index is 1.86. The van der Waals surface area contributed by atoms with Gasteiger partial charge in [0.15, 0.2) is 0 Å². The summed E-state index contributed by atoms with van der Waals surface area (Å²) in [6.45, 7) is 2.19. The average molecular weight is 280 g/mol. The van der Waals surface area contributed by atoms with Gasteiger partial charge >= 0.3 is 0 Å². The molecular formula is C15H21FN2O2. The van der Waals surface area contributed by atoms with E-state index in [1.54, 1.807) is 19.2 Å². The number of rotatable bonds is 5. The molecule has 1 fully saturated rings. The van der Waals surface area contributed by atoms with Crippen molar-refractivity contribution in [3.8, 4) is 0 Å². The molecule has 5 heteroatoms. The quantitative estimate of drug-likeness (QED) is 0.862. The molecule has 1 aromatic carbocycles. The average Bonchev–Trinajstić information content (AvgIpc) is 2.50. The molecule has 1 unspecified atom stereocenters. The molecule has 0 radical (unpaired) electrons. The van der Waals surface area contributed by atoms with E-state index in [-0.39, 0.29) is 23.7 Å². The van der Waals surface area contributed by atoms with Crippen LogP contribution < -0.4 is 10.6 Å². The lowest BCUT2D eigenvalue weighted by Gasteiger charge is -2.23. The molecule has 0 bridgehead atoms. The Morgan fingerprint density at radius 1 is 1.40 bits per heavy atom. The Bertz CT molecular complexity index is 430. The number of carbonyl (C=O) groups is 1. The van der Waals surface area contributed by atoms with Gasteiger partial charge in [0, 0.05) is 19.6 Å². The van der Waals surface area contributed by atoms with Gasteiger partial charge in [-0.3, -0.25) is 4.79 Å². The molecule has 110 valence electrons. The number of methoxy groups -OCH3 is 1. The number of ether oxygens (including phenoxy) is 1. The van der Waals surface area contributed by atoms with Crippen molar-refractivity contribution in [3.05, 3.63) is 35.6 Å². The number of nitrogens with one attached hydrogen (secondary N) is 2. The fourth-order valence-electron chi connectivity index (χ4n) is 2.44. The zero-order chi connectivity index (χ0) is 14.4. The minimum absolute atomic E-state index is 0.0793. The zero-order valence-electron chi connectivity index (χ0n) is 11.7. The first-order chi connectivity index (χ1) is 9.70. The fourth-order valence-corrected chi connectivity index (χ4v) is 2.44. The predicted octanol–water partition coefficient (Wildman–Crippen LogP) is 1.63. The third-order valence-electron chi connectivity index (χ3n) is 3.70. The van der Waals surface area contributed by atoms with E-state index in [2.05, 4.69) is 10.6 Å². The van der Waals surface area contributed by atoms with Crippen molar-refractivity contribution in [1.29, 1.82) is 0 Å². The second kappa shape index (κ2) is 7.36. The molecule has 0 aliphatic carbocycles. The van der Waals surface area contributed by atoms with Gasteiger partial charge in [-0.15, -0.1) is 0 Å². The minimum atomic E-state index is -0.276. The van der Waals surface area contributed by atoms with Gasteiger partial charge in [-0.2, -0.15) is 0 Å². The molecule has 0 aromatic heterocycles. The first-order valence-electron chi connectivity index (χ1n) is 6.97. The van der Waals surface area contributed by atoms with Crippen LogP contribution in [0.25, 0.3) is 0 Å². The Morgan fingerprint density at radius 3 is 2.65 bits per heavy atom. The topological polar surface area (TPSA) is 50.4 Å². The third kappa shape index (κ3) is 4.02. The van der Waals surface area contributed by atoms with Gasteiger partial charge in [0.05, 0.1) is 6.10 Å². The summed E-state index contributed by atoms with van der Waals surface area (Å²) < 4.78 is 18.3. The largest absolute Gasteiger partial charge is 0.375 e. The van der Waals surface area contributed by atoms with Crippen LogP contribution >= 0.6 is 0 Å². The normalized spacial score (nSPS) is 17.7. The second-order valence-corrected chi connectivity index (χ2v) is 5.05. The Hall–Kier alpha value is -1.46. The summed E-state index contributed by atoms with van der Waals surface area (Å²) in [5, 5.41) is 6.17. The molecule has 1 amide bonds. The van der Waals surface area contributed by atoms with E-state index in [1.807, 2.05) is 0 Å². The van der Waals surface area contributed by atoms with Gasteiger partial charge in [-0.25, -0.2) is 4.39 Å². The molecule has 1 aliphatic rings. The molecule has 1 atom stereocenters. The number of hydrogen-bond donors (Lipinski definition) is 2. The standard InChI is InChI=1S/C15H21FN2O2/c1-20-14(11-2-4-13(16)5-3-11)10-18-15(19)12-6-8-17-9-7-12/h2-5,12,14,17H,6-10H2,1H3,(H,18,19). The van der Waals surface area contributed by atoms with E-state index in [0.717, 1.165) is 31.5 Å². The molecule has 20 heavy (non-hydrogen) atoms. The lowest BCUT2D eigenvalue weighted by molar-refractivity contribution is -0.126. The van der Waals surface area contributed by atoms with Crippen molar-refractivity contribution in [2.75, 3.05) is 26.7 Å². The molecular weight excluding hydrogens is 259 g/mol. The number of halogens is 1. The first-order valence-corrected chi connectivity index (χ1v) is 6.97. The van der Waals surface area contributed by atoms with Gasteiger partial charge < -0.3 is 15.4 Å². The van der Waals surface area contributed by atoms with Crippen molar-refractivity contribution >= 4 is 5.91 Å². The van der Waals surface area contributed by atoms with Crippen LogP contribution in [0.3, 0.4) is 0 Å². The van der Waals surface area contributed by atoms with Crippen LogP contribution in [0.15, 0.2) is 24.3 Å². The van der Waals surface area contributed by atoms with Crippen LogP contribution in [-0.4, -0.2) is 32.7 Å². The van der Waals surface area contributed by atoms with E-state index in [1.165, 1.54) is 12.1 Å². The summed E-state index contributed by atoms with van der Waals surface area (Å²) >= 11 is 0. The van der Waals surface area contributed by atoms with E-state index < -0.39 is 0 Å². The maximum absolute atomic E-state index is 12.9. The van der Waals surface area contributed by atoms with Gasteiger partial charge in [-0.1, -0.05) is 12.1 Å². The molecule has 1 aliphatic heterocycles. The molecule has 0 saturated carbocycles. The van der Waals surface area contributed by atoms with Crippen LogP contribution in [0.1, 0.15) is 24.5 Å². The monoisotopic (exact) mass is 280 g/mol. The number of hydrogen-bond acceptors (Lipinski definition) is 3. The Kier molecular flexibility index (Phi) is 5.49. The third-order valence-corrected chi connectivity index (χ3v) is 3.70. The lowest BCUT2D eigenvalue weighted by atomic mass is 9.97. The summed E-state index contributed by atoms with van der Waals surface area (Å²) in [6, 6.07) is 6.16. The first kappa shape index (κ1) is 14.9.